The van der Waals surface area contributed by atoms with E-state index in [0.29, 0.717) is 30.6 Å². The van der Waals surface area contributed by atoms with Crippen molar-refractivity contribution in [1.82, 2.24) is 0 Å². The summed E-state index contributed by atoms with van der Waals surface area (Å²) in [6.45, 7) is 4.25. The largest absolute Gasteiger partial charge is 1.00 e. The lowest BCUT2D eigenvalue weighted by Crippen LogP contribution is -2.27. The molecule has 8 nitrogen and oxygen atoms in total. The summed E-state index contributed by atoms with van der Waals surface area (Å²) in [7, 11) is 12.9. The molecule has 41 heavy (non-hydrogen) atoms. The molecule has 236 valence electrons. The number of hydrogen-bond acceptors (Lipinski definition) is 8. The predicted octanol–water partition coefficient (Wildman–Crippen LogP) is 5.17. The second kappa shape index (κ2) is 18.3. The van der Waals surface area contributed by atoms with Crippen molar-refractivity contribution in [2.45, 2.75) is 128 Å². The number of carbonyl (C=O) groups excluding carboxylic acids is 2. The minimum atomic E-state index is -0.236. The molecule has 4 rings (SSSR count). The Morgan fingerprint density at radius 2 is 1.32 bits per heavy atom. The van der Waals surface area contributed by atoms with Gasteiger partial charge < -0.3 is 28.4 Å². The summed E-state index contributed by atoms with van der Waals surface area (Å²) in [5, 5.41) is 9.92. The zero-order chi connectivity index (χ0) is 30.1. The Bertz CT molecular complexity index is 842. The van der Waals surface area contributed by atoms with Crippen LogP contribution < -0.4 is 0 Å². The van der Waals surface area contributed by atoms with Gasteiger partial charge >= 0.3 is 26.1 Å². The third kappa shape index (κ3) is 11.1. The Morgan fingerprint density at radius 3 is 1.73 bits per heavy atom. The third-order valence-electron chi connectivity index (χ3n) is 9.05. The van der Waals surface area contributed by atoms with Crippen molar-refractivity contribution in [2.75, 3.05) is 0 Å². The highest BCUT2D eigenvalue weighted by Gasteiger charge is 2.51. The van der Waals surface area contributed by atoms with Gasteiger partial charge in [0.25, 0.3) is 0 Å². The van der Waals surface area contributed by atoms with E-state index in [9.17, 15) is 14.7 Å². The van der Waals surface area contributed by atoms with E-state index in [1.165, 1.54) is 0 Å². The fraction of sp³-hybridized carbons (Fsp3) is 0.923. The monoisotopic (exact) mass is 673 g/mol. The van der Waals surface area contributed by atoms with E-state index in [0.717, 1.165) is 64.2 Å². The molecule has 2 aliphatic heterocycles. The van der Waals surface area contributed by atoms with E-state index in [1.807, 2.05) is 0 Å². The summed E-state index contributed by atoms with van der Waals surface area (Å²) in [5.41, 5.74) is 0. The van der Waals surface area contributed by atoms with Gasteiger partial charge in [-0.2, -0.15) is 0 Å². The number of fused-ring (bicyclic) bond motifs is 2. The Kier molecular flexibility index (Phi) is 16.3. The first kappa shape index (κ1) is 36.5. The smallest absolute Gasteiger partial charge is 0.462 e. The van der Waals surface area contributed by atoms with Gasteiger partial charge in [0.05, 0.1) is 25.0 Å². The fourth-order valence-corrected chi connectivity index (χ4v) is 8.35. The molecule has 0 spiro atoms. The molecule has 2 saturated carbocycles. The average Bonchev–Trinajstić information content (AvgIpc) is 3.60. The molecule has 0 aromatic carbocycles. The first-order valence-electron chi connectivity index (χ1n) is 15.3. The molecule has 15 heteroatoms. The van der Waals surface area contributed by atoms with Gasteiger partial charge in [0, 0.05) is 47.8 Å². The molecule has 2 heterocycles. The van der Waals surface area contributed by atoms with Gasteiger partial charge in [-0.3, -0.25) is 9.59 Å². The highest BCUT2D eigenvalue weighted by Crippen LogP contribution is 2.47. The fourth-order valence-electron chi connectivity index (χ4n) is 7.28. The van der Waals surface area contributed by atoms with Crippen LogP contribution in [0.3, 0.4) is 0 Å². The Labute approximate surface area is 262 Å². The van der Waals surface area contributed by atoms with Crippen LogP contribution in [0.5, 0.6) is 0 Å². The second-order valence-electron chi connectivity index (χ2n) is 12.0. The van der Waals surface area contributed by atoms with Crippen molar-refractivity contribution < 1.29 is 40.9 Å². The zero-order valence-corrected chi connectivity index (χ0v) is 30.4. The summed E-state index contributed by atoms with van der Waals surface area (Å²) in [6.07, 6.45) is 11.0. The van der Waals surface area contributed by atoms with Gasteiger partial charge in [0.15, 0.2) is 0 Å². The lowest BCUT2D eigenvalue weighted by Gasteiger charge is -2.26. The van der Waals surface area contributed by atoms with Crippen LogP contribution in [0.15, 0.2) is 0 Å². The molecule has 1 N–H and O–H groups in total. The van der Waals surface area contributed by atoms with Gasteiger partial charge in [0.2, 0.25) is 0 Å². The second-order valence-corrected chi connectivity index (χ2v) is 16.5. The maximum Gasteiger partial charge on any atom is 1.00 e. The van der Waals surface area contributed by atoms with Crippen LogP contribution in [0.1, 0.15) is 93.8 Å². The summed E-state index contributed by atoms with van der Waals surface area (Å²) in [4.78, 5) is 23.0. The van der Waals surface area contributed by atoms with E-state index in [1.54, 1.807) is 0 Å². The zero-order valence-electron chi connectivity index (χ0n) is 25.6. The summed E-state index contributed by atoms with van der Waals surface area (Å²) in [5.74, 6) is 1.18. The lowest BCUT2D eigenvalue weighted by molar-refractivity contribution is -0.142. The quantitative estimate of drug-likeness (QED) is 0.145. The van der Waals surface area contributed by atoms with Gasteiger partial charge in [-0.25, -0.2) is 0 Å². The molecule has 2 aliphatic carbocycles. The van der Waals surface area contributed by atoms with Crippen molar-refractivity contribution in [3.63, 3.8) is 0 Å². The molecular formula is C26H54B2O8P5+. The van der Waals surface area contributed by atoms with Crippen molar-refractivity contribution >= 4 is 70.6 Å². The average molecular weight is 673 g/mol. The van der Waals surface area contributed by atoms with Gasteiger partial charge in [-0.15, -0.1) is 36.5 Å². The molecule has 0 bridgehead atoms. The van der Waals surface area contributed by atoms with E-state index in [-0.39, 0.29) is 70.0 Å². The molecule has 5 unspecified atom stereocenters. The summed E-state index contributed by atoms with van der Waals surface area (Å²) < 4.78 is 28.2. The minimum Gasteiger partial charge on any atom is -0.462 e. The van der Waals surface area contributed by atoms with Crippen LogP contribution in [-0.4, -0.2) is 66.4 Å². The molecule has 4 fully saturated rings. The molecule has 0 radical (unpaired) electrons. The number of ether oxygens (including phenoxy) is 2. The van der Waals surface area contributed by atoms with E-state index < -0.39 is 0 Å². The van der Waals surface area contributed by atoms with Crippen LogP contribution >= 0.6 is 45.9 Å². The number of rotatable bonds is 15. The molecular weight excluding hydrogens is 617 g/mol. The number of carbonyl (C=O) groups is 2. The molecule has 4 aliphatic rings. The highest BCUT2D eigenvalue weighted by molar-refractivity contribution is 7.92. The summed E-state index contributed by atoms with van der Waals surface area (Å²) >= 11 is 0. The maximum atomic E-state index is 11.5. The Hall–Kier alpha value is 1.06. The number of aliphatic hydroxyl groups is 1. The minimum absolute atomic E-state index is 0. The van der Waals surface area contributed by atoms with Gasteiger partial charge in [-0.1, -0.05) is 26.7 Å². The first-order valence-corrected chi connectivity index (χ1v) is 18.5. The molecule has 0 amide bonds. The number of esters is 2. The number of aliphatic hydroxyl groups excluding tert-OH is 1. The van der Waals surface area contributed by atoms with E-state index >= 15 is 0 Å². The SMILES string of the molecule is CCC[C@@H](CC[C@@H]1[C@H]2CC(=O)O[C@H]2C[C@H]1OB(P)P)OP.CCC[C@H](O)CC[C@@H]1[C@H]2CC(=O)O[C@H]2C[C@H]1OB(P)P.[3HH].[H+]. The third-order valence-corrected chi connectivity index (χ3v) is 10.1. The van der Waals surface area contributed by atoms with Crippen LogP contribution in [-0.2, 0) is 32.9 Å². The van der Waals surface area contributed by atoms with Gasteiger partial charge in [-0.05, 0) is 50.4 Å². The molecule has 0 aromatic rings. The van der Waals surface area contributed by atoms with Crippen LogP contribution in [0.4, 0.5) is 0 Å². The molecule has 0 aromatic heterocycles. The Balaban J connectivity index is 0.000000411. The van der Waals surface area contributed by atoms with Crippen molar-refractivity contribution in [3.8, 4) is 0 Å². The Morgan fingerprint density at radius 1 is 0.854 bits per heavy atom. The standard InChI is InChI=1S/C13H26BO4P3.C13H25BO4P2.H2/c1-2-3-8(18-21)4-5-9-10-6-13(15)16-11(10)7-12(9)17-14(19)20;1-2-3-8(15)4-5-9-10-6-13(16)17-11(10)7-12(9)18-14(19)20;/h8-12H,2-7,19-21H2,1H3;8-12,15H,2-7,19-20H2,1H3;1H/p+1/t2*8-,9+,10+,11-,12+;/m00./s1/i;;1+2. The van der Waals surface area contributed by atoms with E-state index in [2.05, 4.69) is 59.8 Å². The van der Waals surface area contributed by atoms with Crippen LogP contribution in [0.25, 0.3) is 0 Å². The summed E-state index contributed by atoms with van der Waals surface area (Å²) in [6, 6.07) is 0. The van der Waals surface area contributed by atoms with Crippen molar-refractivity contribution in [1.29, 1.82) is 0 Å². The van der Waals surface area contributed by atoms with Crippen LogP contribution in [0.2, 0.25) is 0 Å². The lowest BCUT2D eigenvalue weighted by atomic mass is 9.86. The van der Waals surface area contributed by atoms with E-state index in [4.69, 9.17) is 23.3 Å². The molecule has 15 atom stereocenters. The first-order chi connectivity index (χ1) is 19.6. The number of hydrogen-bond donors (Lipinski definition) is 1. The maximum absolute atomic E-state index is 11.5. The topological polar surface area (TPSA) is 101 Å². The molecule has 2 saturated heterocycles. The van der Waals surface area contributed by atoms with Crippen LogP contribution in [0, 0.1) is 23.7 Å². The predicted molar refractivity (Wildman–Crippen MR) is 184 cm³/mol. The highest BCUT2D eigenvalue weighted by atomic mass is 31.1. The van der Waals surface area contributed by atoms with Gasteiger partial charge in [0.1, 0.15) is 12.2 Å². The normalized spacial score (nSPS) is 33.4. The van der Waals surface area contributed by atoms with Crippen molar-refractivity contribution in [2.24, 2.45) is 23.7 Å². The van der Waals surface area contributed by atoms with Crippen molar-refractivity contribution in [3.05, 3.63) is 0 Å².